The van der Waals surface area contributed by atoms with Crippen LogP contribution in [-0.2, 0) is 13.6 Å². The van der Waals surface area contributed by atoms with E-state index in [4.69, 9.17) is 9.47 Å². The molecule has 0 unspecified atom stereocenters. The fourth-order valence-electron chi connectivity index (χ4n) is 2.65. The maximum atomic E-state index is 5.38. The highest BCUT2D eigenvalue weighted by Crippen LogP contribution is 2.26. The quantitative estimate of drug-likeness (QED) is 0.751. The molecule has 3 rings (SSSR count). The van der Waals surface area contributed by atoms with Crippen LogP contribution in [0.3, 0.4) is 0 Å². The molecule has 0 aliphatic rings. The molecule has 0 spiro atoms. The summed E-state index contributed by atoms with van der Waals surface area (Å²) in [4.78, 5) is 4.49. The van der Waals surface area contributed by atoms with Crippen LogP contribution in [0.2, 0.25) is 0 Å². The lowest BCUT2D eigenvalue weighted by atomic mass is 10.1. The van der Waals surface area contributed by atoms with Gasteiger partial charge in [-0.2, -0.15) is 0 Å². The van der Waals surface area contributed by atoms with Crippen LogP contribution in [0.1, 0.15) is 5.56 Å². The SMILES string of the molecule is COc1cccc(-c2cnc(NCc3ccccc3OC)n2C)c1. The van der Waals surface area contributed by atoms with Gasteiger partial charge in [0.2, 0.25) is 5.95 Å². The molecule has 0 atom stereocenters. The Morgan fingerprint density at radius 1 is 1.04 bits per heavy atom. The number of nitrogens with one attached hydrogen (secondary N) is 1. The molecule has 1 heterocycles. The first kappa shape index (κ1) is 15.9. The van der Waals surface area contributed by atoms with E-state index < -0.39 is 0 Å². The Kier molecular flexibility index (Phi) is 4.70. The minimum atomic E-state index is 0.645. The number of aromatic nitrogens is 2. The van der Waals surface area contributed by atoms with Crippen LogP contribution in [0.25, 0.3) is 11.3 Å². The van der Waals surface area contributed by atoms with Gasteiger partial charge >= 0.3 is 0 Å². The number of benzene rings is 2. The first-order valence-corrected chi connectivity index (χ1v) is 7.75. The summed E-state index contributed by atoms with van der Waals surface area (Å²) in [5, 5.41) is 3.36. The Labute approximate surface area is 141 Å². The van der Waals surface area contributed by atoms with Crippen LogP contribution in [-0.4, -0.2) is 23.8 Å². The third-order valence-corrected chi connectivity index (χ3v) is 3.98. The summed E-state index contributed by atoms with van der Waals surface area (Å²) in [5.74, 6) is 2.50. The number of ether oxygens (including phenoxy) is 2. The summed E-state index contributed by atoms with van der Waals surface area (Å²) in [6.45, 7) is 0.645. The zero-order valence-electron chi connectivity index (χ0n) is 14.1. The molecule has 1 aromatic heterocycles. The summed E-state index contributed by atoms with van der Waals surface area (Å²) in [6.07, 6.45) is 1.86. The predicted molar refractivity (Wildman–Crippen MR) is 95.5 cm³/mol. The number of imidazole rings is 1. The topological polar surface area (TPSA) is 48.3 Å². The lowest BCUT2D eigenvalue weighted by Gasteiger charge is -2.11. The van der Waals surface area contributed by atoms with Crippen molar-refractivity contribution in [2.45, 2.75) is 6.54 Å². The highest BCUT2D eigenvalue weighted by atomic mass is 16.5. The summed E-state index contributed by atoms with van der Waals surface area (Å²) >= 11 is 0. The van der Waals surface area contributed by atoms with E-state index >= 15 is 0 Å². The molecule has 1 N–H and O–H groups in total. The number of hydrogen-bond acceptors (Lipinski definition) is 4. The van der Waals surface area contributed by atoms with E-state index in [-0.39, 0.29) is 0 Å². The van der Waals surface area contributed by atoms with Crippen LogP contribution in [0.4, 0.5) is 5.95 Å². The number of anilines is 1. The van der Waals surface area contributed by atoms with Gasteiger partial charge in [0, 0.05) is 24.7 Å². The lowest BCUT2D eigenvalue weighted by molar-refractivity contribution is 0.410. The molecule has 5 nitrogen and oxygen atoms in total. The molecule has 0 aliphatic carbocycles. The molecule has 5 heteroatoms. The first-order valence-electron chi connectivity index (χ1n) is 7.75. The van der Waals surface area contributed by atoms with E-state index in [9.17, 15) is 0 Å². The van der Waals surface area contributed by atoms with Crippen LogP contribution in [0.15, 0.2) is 54.7 Å². The standard InChI is InChI=1S/C19H21N3O2/c1-22-17(14-8-6-9-16(11-14)23-2)13-21-19(22)20-12-15-7-4-5-10-18(15)24-3/h4-11,13H,12H2,1-3H3,(H,20,21). The summed E-state index contributed by atoms with van der Waals surface area (Å²) < 4.78 is 12.7. The Hall–Kier alpha value is -2.95. The van der Waals surface area contributed by atoms with Crippen LogP contribution in [0, 0.1) is 0 Å². The van der Waals surface area contributed by atoms with Gasteiger partial charge in [0.05, 0.1) is 26.1 Å². The number of para-hydroxylation sites is 1. The van der Waals surface area contributed by atoms with Crippen LogP contribution < -0.4 is 14.8 Å². The van der Waals surface area contributed by atoms with E-state index in [1.54, 1.807) is 14.2 Å². The molecular weight excluding hydrogens is 302 g/mol. The van der Waals surface area contributed by atoms with Crippen molar-refractivity contribution >= 4 is 5.95 Å². The third-order valence-electron chi connectivity index (χ3n) is 3.98. The fraction of sp³-hybridized carbons (Fsp3) is 0.211. The Morgan fingerprint density at radius 2 is 1.88 bits per heavy atom. The predicted octanol–water partition coefficient (Wildman–Crippen LogP) is 3.72. The van der Waals surface area contributed by atoms with E-state index in [1.807, 2.05) is 66.3 Å². The summed E-state index contributed by atoms with van der Waals surface area (Å²) in [6, 6.07) is 15.9. The van der Waals surface area contributed by atoms with Gasteiger partial charge < -0.3 is 19.4 Å². The van der Waals surface area contributed by atoms with Crippen molar-refractivity contribution < 1.29 is 9.47 Å². The Morgan fingerprint density at radius 3 is 2.67 bits per heavy atom. The van der Waals surface area contributed by atoms with Crippen molar-refractivity contribution in [1.29, 1.82) is 0 Å². The zero-order chi connectivity index (χ0) is 16.9. The highest BCUT2D eigenvalue weighted by molar-refractivity contribution is 5.63. The monoisotopic (exact) mass is 323 g/mol. The molecule has 0 radical (unpaired) electrons. The first-order chi connectivity index (χ1) is 11.7. The second-order valence-corrected chi connectivity index (χ2v) is 5.42. The molecule has 0 fully saturated rings. The molecule has 0 amide bonds. The molecule has 24 heavy (non-hydrogen) atoms. The largest absolute Gasteiger partial charge is 0.497 e. The maximum absolute atomic E-state index is 5.38. The van der Waals surface area contributed by atoms with Crippen molar-refractivity contribution in [2.75, 3.05) is 19.5 Å². The number of hydrogen-bond donors (Lipinski definition) is 1. The summed E-state index contributed by atoms with van der Waals surface area (Å²) in [5.41, 5.74) is 3.18. The number of methoxy groups -OCH3 is 2. The molecular formula is C19H21N3O2. The Bertz CT molecular complexity index is 827. The second-order valence-electron chi connectivity index (χ2n) is 5.42. The van der Waals surface area contributed by atoms with Crippen molar-refractivity contribution in [1.82, 2.24) is 9.55 Å². The molecule has 0 aliphatic heterocycles. The van der Waals surface area contributed by atoms with Gasteiger partial charge in [0.1, 0.15) is 11.5 Å². The van der Waals surface area contributed by atoms with E-state index in [0.717, 1.165) is 34.3 Å². The average Bonchev–Trinajstić information content (AvgIpc) is 3.00. The van der Waals surface area contributed by atoms with Gasteiger partial charge in [-0.15, -0.1) is 0 Å². The molecule has 0 saturated heterocycles. The number of rotatable bonds is 6. The van der Waals surface area contributed by atoms with Crippen LogP contribution in [0.5, 0.6) is 11.5 Å². The Balaban J connectivity index is 1.80. The summed E-state index contributed by atoms with van der Waals surface area (Å²) in [7, 11) is 5.34. The van der Waals surface area contributed by atoms with E-state index in [0.29, 0.717) is 6.54 Å². The van der Waals surface area contributed by atoms with Crippen molar-refractivity contribution in [3.05, 3.63) is 60.3 Å². The van der Waals surface area contributed by atoms with Gasteiger partial charge in [-0.25, -0.2) is 4.98 Å². The normalized spacial score (nSPS) is 10.5. The van der Waals surface area contributed by atoms with Crippen molar-refractivity contribution in [3.8, 4) is 22.8 Å². The van der Waals surface area contributed by atoms with E-state index in [1.165, 1.54) is 0 Å². The minimum Gasteiger partial charge on any atom is -0.497 e. The molecule has 0 saturated carbocycles. The minimum absolute atomic E-state index is 0.645. The van der Waals surface area contributed by atoms with E-state index in [2.05, 4.69) is 10.3 Å². The zero-order valence-corrected chi connectivity index (χ0v) is 14.1. The highest BCUT2D eigenvalue weighted by Gasteiger charge is 2.10. The molecule has 2 aromatic carbocycles. The van der Waals surface area contributed by atoms with Crippen molar-refractivity contribution in [3.63, 3.8) is 0 Å². The smallest absolute Gasteiger partial charge is 0.203 e. The van der Waals surface area contributed by atoms with Crippen LogP contribution >= 0.6 is 0 Å². The van der Waals surface area contributed by atoms with Gasteiger partial charge in [0.25, 0.3) is 0 Å². The maximum Gasteiger partial charge on any atom is 0.203 e. The van der Waals surface area contributed by atoms with Gasteiger partial charge in [0.15, 0.2) is 0 Å². The average molecular weight is 323 g/mol. The number of nitrogens with zero attached hydrogens (tertiary/aromatic N) is 2. The van der Waals surface area contributed by atoms with Gasteiger partial charge in [-0.1, -0.05) is 30.3 Å². The van der Waals surface area contributed by atoms with Gasteiger partial charge in [-0.3, -0.25) is 0 Å². The molecule has 0 bridgehead atoms. The van der Waals surface area contributed by atoms with Crippen molar-refractivity contribution in [2.24, 2.45) is 7.05 Å². The fourth-order valence-corrected chi connectivity index (χ4v) is 2.65. The lowest BCUT2D eigenvalue weighted by Crippen LogP contribution is -2.06. The third kappa shape index (κ3) is 3.20. The van der Waals surface area contributed by atoms with Gasteiger partial charge in [-0.05, 0) is 18.2 Å². The second kappa shape index (κ2) is 7.08. The molecule has 124 valence electrons. The molecule has 3 aromatic rings.